The van der Waals surface area contributed by atoms with Gasteiger partial charge in [0.05, 0.1) is 0 Å². The molecule has 0 atom stereocenters. The number of hydrogen-bond donors (Lipinski definition) is 1. The van der Waals surface area contributed by atoms with Crippen LogP contribution in [0.2, 0.25) is 0 Å². The predicted molar refractivity (Wildman–Crippen MR) is 33.7 cm³/mol. The number of aliphatic hydroxyl groups is 1. The Labute approximate surface area is 53.3 Å². The first kappa shape index (κ1) is 5.86. The van der Waals surface area contributed by atoms with Gasteiger partial charge in [0.15, 0.2) is 5.06 Å². The summed E-state index contributed by atoms with van der Waals surface area (Å²) in [6.07, 6.45) is 7.65. The van der Waals surface area contributed by atoms with Gasteiger partial charge in [0.25, 0.3) is 0 Å². The van der Waals surface area contributed by atoms with Crippen molar-refractivity contribution in [2.75, 3.05) is 0 Å². The molecule has 8 heavy (non-hydrogen) atoms. The summed E-state index contributed by atoms with van der Waals surface area (Å²) in [7, 11) is 0. The first-order chi connectivity index (χ1) is 3.71. The molecule has 1 rings (SSSR count). The van der Waals surface area contributed by atoms with Gasteiger partial charge in [-0.3, -0.25) is 0 Å². The minimum Gasteiger partial charge on any atom is -0.368 e. The van der Waals surface area contributed by atoms with Gasteiger partial charge in [-0.25, -0.2) is 0 Å². The zero-order chi connectivity index (χ0) is 6.04. The molecule has 0 aromatic rings. The maximum atomic E-state index is 8.97. The smallest absolute Gasteiger partial charge is 0.176 e. The van der Waals surface area contributed by atoms with Gasteiger partial charge in [0.2, 0.25) is 0 Å². The Morgan fingerprint density at radius 3 is 2.12 bits per heavy atom. The molecule has 0 aromatic carbocycles. The Balaban J connectivity index is 2.69. The average molecular weight is 131 g/mol. The fourth-order valence-electron chi connectivity index (χ4n) is 0.601. The average Bonchev–Trinajstić information content (AvgIpc) is 1.65. The van der Waals surface area contributed by atoms with Gasteiger partial charge in [-0.05, 0) is 18.6 Å². The van der Waals surface area contributed by atoms with Gasteiger partial charge in [-0.1, -0.05) is 23.8 Å². The highest BCUT2D eigenvalue weighted by molar-refractivity contribution is 6.25. The van der Waals surface area contributed by atoms with Gasteiger partial charge in [0.1, 0.15) is 0 Å². The minimum atomic E-state index is -1.21. The second kappa shape index (κ2) is 1.92. The first-order valence-corrected chi connectivity index (χ1v) is 2.85. The van der Waals surface area contributed by atoms with Crippen LogP contribution in [0.4, 0.5) is 0 Å². The van der Waals surface area contributed by atoms with Crippen LogP contribution in [0, 0.1) is 0 Å². The molecule has 0 fully saturated rings. The Hall–Kier alpha value is -0.270. The molecule has 0 amide bonds. The van der Waals surface area contributed by atoms with E-state index in [1.165, 1.54) is 0 Å². The molecule has 1 aliphatic carbocycles. The number of alkyl halides is 1. The van der Waals surface area contributed by atoms with E-state index in [4.69, 9.17) is 16.7 Å². The lowest BCUT2D eigenvalue weighted by atomic mass is 10.2. The van der Waals surface area contributed by atoms with E-state index in [2.05, 4.69) is 0 Å². The quantitative estimate of drug-likeness (QED) is 0.389. The molecule has 0 heterocycles. The summed E-state index contributed by atoms with van der Waals surface area (Å²) in [5.41, 5.74) is 0. The van der Waals surface area contributed by atoms with Crippen LogP contribution in [0.25, 0.3) is 0 Å². The normalized spacial score (nSPS) is 23.8. The van der Waals surface area contributed by atoms with E-state index in [1.54, 1.807) is 12.2 Å². The monoisotopic (exact) mass is 130 g/mol. The van der Waals surface area contributed by atoms with E-state index >= 15 is 0 Å². The van der Waals surface area contributed by atoms with Gasteiger partial charge in [-0.2, -0.15) is 0 Å². The van der Waals surface area contributed by atoms with Crippen molar-refractivity contribution in [1.82, 2.24) is 0 Å². The van der Waals surface area contributed by atoms with Crippen molar-refractivity contribution in [3.8, 4) is 0 Å². The molecule has 1 aliphatic rings. The molecule has 0 saturated heterocycles. The van der Waals surface area contributed by atoms with Crippen molar-refractivity contribution in [3.63, 3.8) is 0 Å². The molecular formula is C6H7ClO. The lowest BCUT2D eigenvalue weighted by Crippen LogP contribution is -2.13. The molecule has 0 bridgehead atoms. The summed E-state index contributed by atoms with van der Waals surface area (Å²) >= 11 is 5.45. The number of rotatable bonds is 0. The third kappa shape index (κ3) is 1.35. The Kier molecular flexibility index (Phi) is 1.41. The van der Waals surface area contributed by atoms with Gasteiger partial charge in [-0.15, -0.1) is 0 Å². The molecule has 1 N–H and O–H groups in total. The Morgan fingerprint density at radius 1 is 1.38 bits per heavy atom. The zero-order valence-corrected chi connectivity index (χ0v) is 5.10. The second-order valence-electron chi connectivity index (χ2n) is 1.77. The van der Waals surface area contributed by atoms with Gasteiger partial charge < -0.3 is 5.11 Å². The molecule has 0 aromatic heterocycles. The minimum absolute atomic E-state index is 0.870. The summed E-state index contributed by atoms with van der Waals surface area (Å²) in [4.78, 5) is 0. The van der Waals surface area contributed by atoms with Crippen molar-refractivity contribution >= 4 is 11.6 Å². The van der Waals surface area contributed by atoms with Crippen LogP contribution in [0.15, 0.2) is 24.3 Å². The van der Waals surface area contributed by atoms with Crippen molar-refractivity contribution in [3.05, 3.63) is 24.3 Å². The van der Waals surface area contributed by atoms with E-state index in [-0.39, 0.29) is 0 Å². The van der Waals surface area contributed by atoms with Crippen LogP contribution in [0.1, 0.15) is 6.42 Å². The molecule has 0 aliphatic heterocycles. The van der Waals surface area contributed by atoms with Crippen LogP contribution >= 0.6 is 11.6 Å². The summed E-state index contributed by atoms with van der Waals surface area (Å²) in [6.45, 7) is 0. The molecule has 0 spiro atoms. The van der Waals surface area contributed by atoms with Crippen LogP contribution in [-0.2, 0) is 0 Å². The Bertz CT molecular complexity index is 121. The second-order valence-corrected chi connectivity index (χ2v) is 2.37. The summed E-state index contributed by atoms with van der Waals surface area (Å²) in [6, 6.07) is 0. The lowest BCUT2D eigenvalue weighted by Gasteiger charge is -2.12. The third-order valence-electron chi connectivity index (χ3n) is 0.975. The zero-order valence-electron chi connectivity index (χ0n) is 4.34. The summed E-state index contributed by atoms with van der Waals surface area (Å²) in [5, 5.41) is 7.76. The van der Waals surface area contributed by atoms with Crippen molar-refractivity contribution in [2.24, 2.45) is 0 Å². The van der Waals surface area contributed by atoms with Crippen LogP contribution < -0.4 is 0 Å². The highest BCUT2D eigenvalue weighted by Gasteiger charge is 2.14. The summed E-state index contributed by atoms with van der Waals surface area (Å²) in [5.74, 6) is 0. The molecule has 0 radical (unpaired) electrons. The number of hydrogen-bond acceptors (Lipinski definition) is 1. The highest BCUT2D eigenvalue weighted by atomic mass is 35.5. The maximum absolute atomic E-state index is 8.97. The van der Waals surface area contributed by atoms with E-state index in [0.717, 1.165) is 6.42 Å². The molecule has 1 nitrogen and oxygen atoms in total. The standard InChI is InChI=1S/C6H7ClO/c7-6(8)4-2-1-3-5-6/h2-5,8H,1H2. The summed E-state index contributed by atoms with van der Waals surface area (Å²) < 4.78 is 0. The molecule has 0 unspecified atom stereocenters. The number of allylic oxidation sites excluding steroid dienone is 2. The first-order valence-electron chi connectivity index (χ1n) is 2.47. The fourth-order valence-corrected chi connectivity index (χ4v) is 0.779. The Morgan fingerprint density at radius 2 is 1.88 bits per heavy atom. The molecule has 2 heteroatoms. The molecule has 0 saturated carbocycles. The fraction of sp³-hybridized carbons (Fsp3) is 0.333. The van der Waals surface area contributed by atoms with Crippen LogP contribution in [-0.4, -0.2) is 10.2 Å². The van der Waals surface area contributed by atoms with Crippen LogP contribution in [0.3, 0.4) is 0 Å². The SMILES string of the molecule is OC1(Cl)C=CCC=C1. The third-order valence-corrected chi connectivity index (χ3v) is 1.23. The van der Waals surface area contributed by atoms with Crippen molar-refractivity contribution < 1.29 is 5.11 Å². The molecule has 44 valence electrons. The van der Waals surface area contributed by atoms with Crippen LogP contribution in [0.5, 0.6) is 0 Å². The topological polar surface area (TPSA) is 20.2 Å². The predicted octanol–water partition coefficient (Wildman–Crippen LogP) is 1.43. The van der Waals surface area contributed by atoms with E-state index in [9.17, 15) is 0 Å². The maximum Gasteiger partial charge on any atom is 0.176 e. The van der Waals surface area contributed by atoms with Gasteiger partial charge in [0, 0.05) is 0 Å². The van der Waals surface area contributed by atoms with Gasteiger partial charge >= 0.3 is 0 Å². The highest BCUT2D eigenvalue weighted by Crippen LogP contribution is 2.18. The number of halogens is 1. The lowest BCUT2D eigenvalue weighted by molar-refractivity contribution is 0.228. The van der Waals surface area contributed by atoms with Crippen molar-refractivity contribution in [1.29, 1.82) is 0 Å². The van der Waals surface area contributed by atoms with E-state index in [0.29, 0.717) is 0 Å². The van der Waals surface area contributed by atoms with Crippen molar-refractivity contribution in [2.45, 2.75) is 11.5 Å². The largest absolute Gasteiger partial charge is 0.368 e. The molecular weight excluding hydrogens is 124 g/mol. The van der Waals surface area contributed by atoms with E-state index < -0.39 is 5.06 Å². The van der Waals surface area contributed by atoms with E-state index in [1.807, 2.05) is 12.2 Å².